The molecule has 3 N–H and O–H groups in total. The number of amides is 1. The number of phosphoric acid groups is 1. The number of aliphatic hydroxyl groups is 1. The average molecular weight is 716 g/mol. The molecular weight excluding hydrogens is 635 g/mol. The number of rotatable bonds is 36. The molecule has 0 heterocycles. The molecule has 0 spiro atoms. The van der Waals surface area contributed by atoms with E-state index in [0.29, 0.717) is 17.4 Å². The third kappa shape index (κ3) is 35.2. The molecule has 0 saturated carbocycles. The van der Waals surface area contributed by atoms with Crippen LogP contribution in [0.15, 0.2) is 24.3 Å². The van der Waals surface area contributed by atoms with E-state index in [1.807, 2.05) is 27.2 Å². The zero-order chi connectivity index (χ0) is 36.5. The molecule has 0 saturated heterocycles. The topological polar surface area (TPSA) is 105 Å². The summed E-state index contributed by atoms with van der Waals surface area (Å²) in [6.45, 7) is 4.72. The number of quaternary nitrogens is 1. The molecular formula is C40H80N2O6P+. The van der Waals surface area contributed by atoms with E-state index in [2.05, 4.69) is 31.3 Å². The van der Waals surface area contributed by atoms with Gasteiger partial charge < -0.3 is 19.8 Å². The van der Waals surface area contributed by atoms with Gasteiger partial charge in [0.25, 0.3) is 0 Å². The maximum Gasteiger partial charge on any atom is 0.472 e. The summed E-state index contributed by atoms with van der Waals surface area (Å²) in [5.41, 5.74) is 0. The third-order valence-electron chi connectivity index (χ3n) is 8.92. The van der Waals surface area contributed by atoms with Gasteiger partial charge in [-0.25, -0.2) is 4.57 Å². The van der Waals surface area contributed by atoms with E-state index in [0.717, 1.165) is 38.5 Å². The van der Waals surface area contributed by atoms with Gasteiger partial charge in [-0.05, 0) is 32.1 Å². The van der Waals surface area contributed by atoms with Gasteiger partial charge in [0.1, 0.15) is 13.2 Å². The van der Waals surface area contributed by atoms with Gasteiger partial charge in [0.2, 0.25) is 5.91 Å². The van der Waals surface area contributed by atoms with Gasteiger partial charge in [-0.15, -0.1) is 0 Å². The summed E-state index contributed by atoms with van der Waals surface area (Å²) >= 11 is 0. The van der Waals surface area contributed by atoms with Crippen molar-refractivity contribution < 1.29 is 32.9 Å². The molecule has 49 heavy (non-hydrogen) atoms. The molecule has 0 aliphatic carbocycles. The second kappa shape index (κ2) is 32.9. The highest BCUT2D eigenvalue weighted by Crippen LogP contribution is 2.43. The number of nitrogens with one attached hydrogen (secondary N) is 1. The number of nitrogens with zero attached hydrogens (tertiary/aromatic N) is 1. The van der Waals surface area contributed by atoms with Crippen LogP contribution in [-0.2, 0) is 18.4 Å². The summed E-state index contributed by atoms with van der Waals surface area (Å²) in [5.74, 6) is -0.197. The Bertz CT molecular complexity index is 860. The second-order valence-electron chi connectivity index (χ2n) is 15.0. The molecule has 0 aliphatic rings. The number of allylic oxidation sites excluding steroid dienone is 3. The summed E-state index contributed by atoms with van der Waals surface area (Å²) in [7, 11) is 1.55. The number of hydrogen-bond donors (Lipinski definition) is 3. The molecule has 0 aliphatic heterocycles. The van der Waals surface area contributed by atoms with Gasteiger partial charge in [0, 0.05) is 6.42 Å². The van der Waals surface area contributed by atoms with Crippen LogP contribution in [0.5, 0.6) is 0 Å². The van der Waals surface area contributed by atoms with Crippen molar-refractivity contribution in [1.82, 2.24) is 5.32 Å². The molecule has 3 atom stereocenters. The molecule has 0 fully saturated rings. The van der Waals surface area contributed by atoms with Crippen molar-refractivity contribution >= 4 is 13.7 Å². The van der Waals surface area contributed by atoms with Crippen LogP contribution in [0.2, 0.25) is 0 Å². The summed E-state index contributed by atoms with van der Waals surface area (Å²) in [6.07, 6.45) is 37.1. The van der Waals surface area contributed by atoms with Gasteiger partial charge in [-0.2, -0.15) is 0 Å². The van der Waals surface area contributed by atoms with E-state index in [4.69, 9.17) is 9.05 Å². The van der Waals surface area contributed by atoms with E-state index in [1.165, 1.54) is 116 Å². The van der Waals surface area contributed by atoms with Crippen molar-refractivity contribution in [1.29, 1.82) is 0 Å². The van der Waals surface area contributed by atoms with E-state index in [1.54, 1.807) is 6.08 Å². The zero-order valence-electron chi connectivity index (χ0n) is 32.7. The molecule has 0 aromatic heterocycles. The van der Waals surface area contributed by atoms with Gasteiger partial charge in [0.15, 0.2) is 0 Å². The van der Waals surface area contributed by atoms with Crippen molar-refractivity contribution in [3.63, 3.8) is 0 Å². The lowest BCUT2D eigenvalue weighted by Crippen LogP contribution is -2.45. The van der Waals surface area contributed by atoms with E-state index in [9.17, 15) is 19.4 Å². The minimum atomic E-state index is -4.33. The normalized spacial score (nSPS) is 14.8. The number of phosphoric ester groups is 1. The van der Waals surface area contributed by atoms with Gasteiger partial charge in [-0.1, -0.05) is 160 Å². The number of carbonyl (C=O) groups is 1. The number of carbonyl (C=O) groups excluding carboxylic acids is 1. The number of likely N-dealkylation sites (N-methyl/N-ethyl adjacent to an activating group) is 1. The van der Waals surface area contributed by atoms with E-state index >= 15 is 0 Å². The maximum absolute atomic E-state index is 12.6. The Labute approximate surface area is 303 Å². The highest BCUT2D eigenvalue weighted by molar-refractivity contribution is 7.47. The average Bonchev–Trinajstić information content (AvgIpc) is 3.04. The Morgan fingerprint density at radius 1 is 0.673 bits per heavy atom. The fourth-order valence-corrected chi connectivity index (χ4v) is 6.38. The Hall–Kier alpha value is -1.02. The SMILES string of the molecule is CCCCCCCCCCCCCCCCC/C=C/CC/C=C/C(O)C(COP(=O)(O)OCC[N+](C)(C)C)NC(=O)CCCCCCCC. The lowest BCUT2D eigenvalue weighted by Gasteiger charge is -2.25. The highest BCUT2D eigenvalue weighted by Gasteiger charge is 2.27. The van der Waals surface area contributed by atoms with Crippen molar-refractivity contribution in [2.75, 3.05) is 40.9 Å². The van der Waals surface area contributed by atoms with Crippen LogP contribution < -0.4 is 5.32 Å². The summed E-state index contributed by atoms with van der Waals surface area (Å²) in [4.78, 5) is 22.8. The second-order valence-corrected chi connectivity index (χ2v) is 16.5. The quantitative estimate of drug-likeness (QED) is 0.0258. The van der Waals surface area contributed by atoms with Crippen molar-refractivity contribution in [3.05, 3.63) is 24.3 Å². The monoisotopic (exact) mass is 716 g/mol. The molecule has 1 amide bonds. The number of unbranched alkanes of at least 4 members (excludes halogenated alkanes) is 21. The lowest BCUT2D eigenvalue weighted by molar-refractivity contribution is -0.870. The molecule has 3 unspecified atom stereocenters. The predicted molar refractivity (Wildman–Crippen MR) is 208 cm³/mol. The molecule has 0 bridgehead atoms. The maximum atomic E-state index is 12.6. The highest BCUT2D eigenvalue weighted by atomic mass is 31.2. The predicted octanol–water partition coefficient (Wildman–Crippen LogP) is 10.6. The third-order valence-corrected chi connectivity index (χ3v) is 9.91. The Kier molecular flexibility index (Phi) is 32.2. The Morgan fingerprint density at radius 3 is 1.63 bits per heavy atom. The fourth-order valence-electron chi connectivity index (χ4n) is 5.64. The first-order chi connectivity index (χ1) is 23.5. The summed E-state index contributed by atoms with van der Waals surface area (Å²) in [6, 6.07) is -0.855. The van der Waals surface area contributed by atoms with Crippen LogP contribution in [0, 0.1) is 0 Å². The van der Waals surface area contributed by atoms with Crippen LogP contribution in [0.25, 0.3) is 0 Å². The van der Waals surface area contributed by atoms with Gasteiger partial charge in [-0.3, -0.25) is 13.8 Å². The van der Waals surface area contributed by atoms with Gasteiger partial charge >= 0.3 is 7.82 Å². The largest absolute Gasteiger partial charge is 0.472 e. The Morgan fingerprint density at radius 2 is 1.12 bits per heavy atom. The molecule has 0 aromatic carbocycles. The zero-order valence-corrected chi connectivity index (χ0v) is 33.6. The van der Waals surface area contributed by atoms with Crippen LogP contribution in [0.1, 0.15) is 174 Å². The van der Waals surface area contributed by atoms with Crippen LogP contribution in [0.4, 0.5) is 0 Å². The van der Waals surface area contributed by atoms with Crippen LogP contribution >= 0.6 is 7.82 Å². The fraction of sp³-hybridized carbons (Fsp3) is 0.875. The summed E-state index contributed by atoms with van der Waals surface area (Å²) in [5, 5.41) is 13.7. The minimum Gasteiger partial charge on any atom is -0.387 e. The van der Waals surface area contributed by atoms with Crippen molar-refractivity contribution in [2.45, 2.75) is 187 Å². The molecule has 0 rings (SSSR count). The first kappa shape index (κ1) is 48.0. The minimum absolute atomic E-state index is 0.0573. The smallest absolute Gasteiger partial charge is 0.387 e. The first-order valence-electron chi connectivity index (χ1n) is 20.2. The van der Waals surface area contributed by atoms with Gasteiger partial charge in [0.05, 0.1) is 39.9 Å². The molecule has 290 valence electrons. The van der Waals surface area contributed by atoms with Crippen LogP contribution in [-0.4, -0.2) is 73.4 Å². The number of aliphatic hydroxyl groups excluding tert-OH is 1. The van der Waals surface area contributed by atoms with Crippen LogP contribution in [0.3, 0.4) is 0 Å². The number of hydrogen-bond acceptors (Lipinski definition) is 5. The molecule has 9 heteroatoms. The lowest BCUT2D eigenvalue weighted by atomic mass is 10.0. The Balaban J connectivity index is 4.32. The van der Waals surface area contributed by atoms with Crippen molar-refractivity contribution in [3.8, 4) is 0 Å². The molecule has 0 aromatic rings. The van der Waals surface area contributed by atoms with E-state index < -0.39 is 20.0 Å². The standard InChI is InChI=1S/C40H79N2O6P/c1-6-8-10-12-14-15-16-17-18-19-20-21-22-23-24-25-26-27-28-29-31-33-39(43)38(41-40(44)34-32-30-13-11-9-7-2)37-48-49(45,46)47-36-35-42(3,4)5/h26-27,31,33,38-39,43H,6-25,28-30,32,34-37H2,1-5H3,(H-,41,44,45,46)/p+1/b27-26+,33-31+. The first-order valence-corrected chi connectivity index (χ1v) is 21.7. The molecule has 8 nitrogen and oxygen atoms in total. The molecule has 0 radical (unpaired) electrons. The van der Waals surface area contributed by atoms with E-state index in [-0.39, 0.29) is 19.1 Å². The summed E-state index contributed by atoms with van der Waals surface area (Å²) < 4.78 is 23.4. The van der Waals surface area contributed by atoms with Crippen molar-refractivity contribution in [2.24, 2.45) is 0 Å².